The second-order valence-electron chi connectivity index (χ2n) is 4.22. The topological polar surface area (TPSA) is 105 Å². The molecule has 1 amide bonds. The number of amides is 1. The first-order chi connectivity index (χ1) is 10.7. The van der Waals surface area contributed by atoms with E-state index in [1.54, 1.807) is 12.1 Å². The maximum absolute atomic E-state index is 11.5. The Morgan fingerprint density at radius 3 is 3.00 bits per heavy atom. The van der Waals surface area contributed by atoms with Gasteiger partial charge in [-0.2, -0.15) is 5.26 Å². The lowest BCUT2D eigenvalue weighted by molar-refractivity contribution is -0.143. The fourth-order valence-corrected chi connectivity index (χ4v) is 1.59. The van der Waals surface area contributed by atoms with E-state index >= 15 is 0 Å². The van der Waals surface area contributed by atoms with E-state index in [1.165, 1.54) is 6.08 Å². The van der Waals surface area contributed by atoms with Gasteiger partial charge < -0.3 is 14.5 Å². The number of aromatic nitrogens is 1. The van der Waals surface area contributed by atoms with Gasteiger partial charge in [-0.3, -0.25) is 4.79 Å². The fourth-order valence-electron chi connectivity index (χ4n) is 1.59. The van der Waals surface area contributed by atoms with Gasteiger partial charge in [-0.1, -0.05) is 12.1 Å². The van der Waals surface area contributed by atoms with Gasteiger partial charge in [0.05, 0.1) is 12.5 Å². The van der Waals surface area contributed by atoms with Crippen LogP contribution >= 0.6 is 0 Å². The summed E-state index contributed by atoms with van der Waals surface area (Å²) in [7, 11) is 0. The van der Waals surface area contributed by atoms with Crippen molar-refractivity contribution in [1.29, 1.82) is 5.26 Å². The normalized spacial score (nSPS) is 10.5. The Kier molecular flexibility index (Phi) is 5.26. The number of benzene rings is 1. The number of esters is 1. The quantitative estimate of drug-likeness (QED) is 0.491. The van der Waals surface area contributed by atoms with Gasteiger partial charge in [-0.05, 0) is 12.1 Å². The van der Waals surface area contributed by atoms with E-state index in [0.29, 0.717) is 11.1 Å². The number of rotatable bonds is 6. The Balaban J connectivity index is 1.81. The number of fused-ring (bicyclic) bond motifs is 1. The van der Waals surface area contributed by atoms with Crippen LogP contribution in [0.2, 0.25) is 0 Å². The third-order valence-corrected chi connectivity index (χ3v) is 2.58. The van der Waals surface area contributed by atoms with Crippen molar-refractivity contribution in [2.24, 2.45) is 0 Å². The molecule has 0 aliphatic carbocycles. The van der Waals surface area contributed by atoms with Crippen LogP contribution < -0.4 is 5.32 Å². The molecule has 1 heterocycles. The van der Waals surface area contributed by atoms with Crippen LogP contribution in [0.3, 0.4) is 0 Å². The van der Waals surface area contributed by atoms with Crippen molar-refractivity contribution in [3.63, 3.8) is 0 Å². The molecule has 1 aromatic heterocycles. The predicted molar refractivity (Wildman–Crippen MR) is 77.2 cm³/mol. The minimum atomic E-state index is -0.683. The highest BCUT2D eigenvalue weighted by molar-refractivity contribution is 5.89. The SMILES string of the molecule is N#CCCNC(=O)COC(=O)/C=C/c1nc2ccccc2o1. The number of carbonyl (C=O) groups excluding carboxylic acids is 2. The number of ether oxygens (including phenoxy) is 1. The molecule has 0 saturated carbocycles. The number of nitrogens with zero attached hydrogens (tertiary/aromatic N) is 2. The van der Waals surface area contributed by atoms with Gasteiger partial charge in [0.15, 0.2) is 12.2 Å². The third kappa shape index (κ3) is 4.45. The molecule has 0 aliphatic heterocycles. The summed E-state index contributed by atoms with van der Waals surface area (Å²) in [6.45, 7) is -0.173. The van der Waals surface area contributed by atoms with Crippen molar-refractivity contribution < 1.29 is 18.7 Å². The third-order valence-electron chi connectivity index (χ3n) is 2.58. The van der Waals surface area contributed by atoms with Crippen molar-refractivity contribution in [3.8, 4) is 6.07 Å². The van der Waals surface area contributed by atoms with Crippen LogP contribution in [0, 0.1) is 11.3 Å². The maximum Gasteiger partial charge on any atom is 0.331 e. The van der Waals surface area contributed by atoms with Crippen LogP contribution in [-0.2, 0) is 14.3 Å². The molecule has 112 valence electrons. The molecule has 1 aromatic carbocycles. The Morgan fingerprint density at radius 2 is 2.23 bits per heavy atom. The Hall–Kier alpha value is -3.14. The molecule has 2 aromatic rings. The van der Waals surface area contributed by atoms with Crippen molar-refractivity contribution in [1.82, 2.24) is 10.3 Å². The first kappa shape index (κ1) is 15.3. The second kappa shape index (κ2) is 7.59. The van der Waals surface area contributed by atoms with Crippen molar-refractivity contribution >= 4 is 29.1 Å². The average Bonchev–Trinajstić information content (AvgIpc) is 2.94. The molecular weight excluding hydrogens is 286 g/mol. The number of nitriles is 1. The largest absolute Gasteiger partial charge is 0.452 e. The zero-order chi connectivity index (χ0) is 15.8. The first-order valence-corrected chi connectivity index (χ1v) is 6.53. The van der Waals surface area contributed by atoms with E-state index in [0.717, 1.165) is 6.08 Å². The summed E-state index contributed by atoms with van der Waals surface area (Å²) in [5.41, 5.74) is 1.31. The first-order valence-electron chi connectivity index (χ1n) is 6.53. The smallest absolute Gasteiger partial charge is 0.331 e. The van der Waals surface area contributed by atoms with Gasteiger partial charge >= 0.3 is 5.97 Å². The fraction of sp³-hybridized carbons (Fsp3) is 0.200. The Labute approximate surface area is 126 Å². The highest BCUT2D eigenvalue weighted by Crippen LogP contribution is 2.15. The van der Waals surface area contributed by atoms with Crippen molar-refractivity contribution in [2.45, 2.75) is 6.42 Å². The Morgan fingerprint density at radius 1 is 1.41 bits per heavy atom. The molecule has 7 heteroatoms. The van der Waals surface area contributed by atoms with Gasteiger partial charge in [0, 0.05) is 18.7 Å². The lowest BCUT2D eigenvalue weighted by Gasteiger charge is -2.02. The van der Waals surface area contributed by atoms with Crippen molar-refractivity contribution in [2.75, 3.05) is 13.2 Å². The minimum Gasteiger partial charge on any atom is -0.452 e. The summed E-state index contributed by atoms with van der Waals surface area (Å²) < 4.78 is 10.1. The lowest BCUT2D eigenvalue weighted by Crippen LogP contribution is -2.29. The van der Waals surface area contributed by atoms with Crippen LogP contribution in [0.5, 0.6) is 0 Å². The Bertz CT molecular complexity index is 710. The number of nitrogens with one attached hydrogen (secondary N) is 1. The van der Waals surface area contributed by atoms with E-state index in [1.807, 2.05) is 18.2 Å². The monoisotopic (exact) mass is 299 g/mol. The maximum atomic E-state index is 11.5. The van der Waals surface area contributed by atoms with E-state index in [4.69, 9.17) is 14.4 Å². The molecule has 0 bridgehead atoms. The molecule has 0 unspecified atom stereocenters. The van der Waals surface area contributed by atoms with Crippen LogP contribution in [-0.4, -0.2) is 30.0 Å². The average molecular weight is 299 g/mol. The summed E-state index contributed by atoms with van der Waals surface area (Å²) in [5.74, 6) is -0.867. The van der Waals surface area contributed by atoms with Gasteiger partial charge in [0.25, 0.3) is 5.91 Å². The molecule has 0 aliphatic rings. The number of para-hydroxylation sites is 2. The molecule has 22 heavy (non-hydrogen) atoms. The van der Waals surface area contributed by atoms with E-state index in [9.17, 15) is 9.59 Å². The second-order valence-corrected chi connectivity index (χ2v) is 4.22. The molecule has 0 atom stereocenters. The number of hydrogen-bond acceptors (Lipinski definition) is 6. The van der Waals surface area contributed by atoms with E-state index < -0.39 is 18.5 Å². The van der Waals surface area contributed by atoms with E-state index in [-0.39, 0.29) is 18.9 Å². The zero-order valence-electron chi connectivity index (χ0n) is 11.6. The molecule has 0 radical (unpaired) electrons. The summed E-state index contributed by atoms with van der Waals surface area (Å²) in [5, 5.41) is 10.8. The number of oxazole rings is 1. The van der Waals surface area contributed by atoms with Crippen LogP contribution in [0.15, 0.2) is 34.8 Å². The summed E-state index contributed by atoms with van der Waals surface area (Å²) in [6, 6.07) is 9.10. The summed E-state index contributed by atoms with van der Waals surface area (Å²) >= 11 is 0. The standard InChI is InChI=1S/C15H13N3O4/c16-8-3-9-17-13(19)10-21-15(20)7-6-14-18-11-4-1-2-5-12(11)22-14/h1-2,4-7H,3,9-10H2,(H,17,19)/b7-6+. The highest BCUT2D eigenvalue weighted by Gasteiger charge is 2.05. The molecule has 0 fully saturated rings. The van der Waals surface area contributed by atoms with Crippen LogP contribution in [0.1, 0.15) is 12.3 Å². The molecule has 2 rings (SSSR count). The van der Waals surface area contributed by atoms with Gasteiger partial charge in [-0.15, -0.1) is 0 Å². The highest BCUT2D eigenvalue weighted by atomic mass is 16.5. The van der Waals surface area contributed by atoms with Crippen LogP contribution in [0.4, 0.5) is 0 Å². The lowest BCUT2D eigenvalue weighted by atomic mass is 10.3. The summed E-state index contributed by atoms with van der Waals surface area (Å²) in [4.78, 5) is 26.9. The molecule has 7 nitrogen and oxygen atoms in total. The van der Waals surface area contributed by atoms with Crippen LogP contribution in [0.25, 0.3) is 17.2 Å². The molecule has 0 spiro atoms. The minimum absolute atomic E-state index is 0.206. The van der Waals surface area contributed by atoms with Gasteiger partial charge in [0.2, 0.25) is 5.89 Å². The van der Waals surface area contributed by atoms with Gasteiger partial charge in [0.1, 0.15) is 5.52 Å². The predicted octanol–water partition coefficient (Wildman–Crippen LogP) is 1.41. The number of hydrogen-bond donors (Lipinski definition) is 1. The zero-order valence-corrected chi connectivity index (χ0v) is 11.6. The molecule has 1 N–H and O–H groups in total. The number of carbonyl (C=O) groups is 2. The van der Waals surface area contributed by atoms with Crippen molar-refractivity contribution in [3.05, 3.63) is 36.2 Å². The van der Waals surface area contributed by atoms with Gasteiger partial charge in [-0.25, -0.2) is 9.78 Å². The molecule has 0 saturated heterocycles. The molecular formula is C15H13N3O4. The van der Waals surface area contributed by atoms with E-state index in [2.05, 4.69) is 10.3 Å². The summed E-state index contributed by atoms with van der Waals surface area (Å²) in [6.07, 6.45) is 2.71.